The molecule has 0 saturated carbocycles. The van der Waals surface area contributed by atoms with Gasteiger partial charge in [0.15, 0.2) is 0 Å². The van der Waals surface area contributed by atoms with E-state index in [0.717, 1.165) is 17.2 Å². The molecule has 0 atom stereocenters. The average molecular weight is 294 g/mol. The van der Waals surface area contributed by atoms with Crippen molar-refractivity contribution in [3.05, 3.63) is 40.5 Å². The molecule has 5 nitrogen and oxygen atoms in total. The highest BCUT2D eigenvalue weighted by molar-refractivity contribution is 7.71. The summed E-state index contributed by atoms with van der Waals surface area (Å²) in [5.41, 5.74) is 0.704. The van der Waals surface area contributed by atoms with E-state index >= 15 is 0 Å². The fourth-order valence-electron chi connectivity index (χ4n) is 1.54. The molecule has 7 heteroatoms. The molecule has 98 valence electrons. The van der Waals surface area contributed by atoms with Gasteiger partial charge < -0.3 is 10.4 Å². The van der Waals surface area contributed by atoms with Crippen molar-refractivity contribution in [2.45, 2.75) is 6.92 Å². The van der Waals surface area contributed by atoms with Gasteiger partial charge in [-0.25, -0.2) is 4.79 Å². The minimum absolute atomic E-state index is 0.0564. The van der Waals surface area contributed by atoms with Crippen molar-refractivity contribution in [2.24, 2.45) is 0 Å². The molecule has 0 bridgehead atoms. The Morgan fingerprint density at radius 1 is 1.32 bits per heavy atom. The van der Waals surface area contributed by atoms with Crippen LogP contribution in [-0.2, 0) is 4.79 Å². The number of carboxylic acid groups (broad SMARTS) is 1. The highest BCUT2D eigenvalue weighted by Crippen LogP contribution is 2.28. The molecule has 2 rings (SSSR count). The van der Waals surface area contributed by atoms with Crippen LogP contribution in [0.15, 0.2) is 30.3 Å². The maximum Gasteiger partial charge on any atom is 0.341 e. The molecule has 0 aliphatic rings. The van der Waals surface area contributed by atoms with Crippen LogP contribution >= 0.6 is 23.8 Å². The zero-order valence-electron chi connectivity index (χ0n) is 9.91. The van der Waals surface area contributed by atoms with Gasteiger partial charge in [-0.15, -0.1) is 0 Å². The third-order valence-electron chi connectivity index (χ3n) is 2.30. The van der Waals surface area contributed by atoms with Crippen LogP contribution in [0.1, 0.15) is 17.3 Å². The summed E-state index contributed by atoms with van der Waals surface area (Å²) in [5.74, 6) is -1.49. The topological polar surface area (TPSA) is 71.3 Å². The van der Waals surface area contributed by atoms with Gasteiger partial charge >= 0.3 is 5.97 Å². The predicted octanol–water partition coefficient (Wildman–Crippen LogP) is 2.92. The number of carboxylic acids is 1. The second-order valence-electron chi connectivity index (χ2n) is 3.72. The molecule has 19 heavy (non-hydrogen) atoms. The molecule has 2 N–H and O–H groups in total. The Morgan fingerprint density at radius 3 is 2.47 bits per heavy atom. The third kappa shape index (κ3) is 2.72. The van der Waals surface area contributed by atoms with Gasteiger partial charge in [0.2, 0.25) is 5.91 Å². The van der Waals surface area contributed by atoms with Crippen molar-refractivity contribution < 1.29 is 14.7 Å². The smallest absolute Gasteiger partial charge is 0.341 e. The predicted molar refractivity (Wildman–Crippen MR) is 75.7 cm³/mol. The Balaban J connectivity index is 2.62. The average Bonchev–Trinajstić information content (AvgIpc) is 2.66. The number of anilines is 1. The lowest BCUT2D eigenvalue weighted by atomic mass is 10.3. The molecule has 2 aromatic rings. The van der Waals surface area contributed by atoms with Gasteiger partial charge in [-0.2, -0.15) is 0 Å². The molecular weight excluding hydrogens is 284 g/mol. The van der Waals surface area contributed by atoms with Crippen molar-refractivity contribution in [1.82, 2.24) is 3.96 Å². The van der Waals surface area contributed by atoms with E-state index in [4.69, 9.17) is 12.2 Å². The first-order valence-electron chi connectivity index (χ1n) is 5.33. The number of carbonyl (C=O) groups excluding carboxylic acids is 1. The van der Waals surface area contributed by atoms with Gasteiger partial charge in [-0.3, -0.25) is 8.75 Å². The largest absolute Gasteiger partial charge is 0.477 e. The van der Waals surface area contributed by atoms with Crippen LogP contribution in [0.3, 0.4) is 0 Å². The second kappa shape index (κ2) is 5.33. The van der Waals surface area contributed by atoms with E-state index in [2.05, 4.69) is 5.32 Å². The Labute approximate surface area is 118 Å². The highest BCUT2D eigenvalue weighted by atomic mass is 32.1. The highest BCUT2D eigenvalue weighted by Gasteiger charge is 2.20. The number of nitrogens with one attached hydrogen (secondary N) is 1. The zero-order chi connectivity index (χ0) is 14.0. The molecule has 0 radical (unpaired) electrons. The van der Waals surface area contributed by atoms with Crippen LogP contribution in [0, 0.1) is 4.64 Å². The van der Waals surface area contributed by atoms with Crippen molar-refractivity contribution in [1.29, 1.82) is 0 Å². The normalized spacial score (nSPS) is 10.2. The van der Waals surface area contributed by atoms with Crippen LogP contribution in [0.25, 0.3) is 5.69 Å². The van der Waals surface area contributed by atoms with Crippen molar-refractivity contribution in [2.75, 3.05) is 5.32 Å². The molecule has 0 aliphatic carbocycles. The number of carbonyl (C=O) groups is 2. The SMILES string of the molecule is CC(=O)Nc1sn(-c2ccccc2)c(=S)c1C(=O)O. The number of hydrogen-bond acceptors (Lipinski definition) is 4. The Morgan fingerprint density at radius 2 is 1.95 bits per heavy atom. The van der Waals surface area contributed by atoms with E-state index in [1.807, 2.05) is 30.3 Å². The molecular formula is C12H10N2O3S2. The van der Waals surface area contributed by atoms with Crippen LogP contribution in [0.5, 0.6) is 0 Å². The molecule has 0 unspecified atom stereocenters. The van der Waals surface area contributed by atoms with Crippen molar-refractivity contribution in [3.8, 4) is 5.69 Å². The lowest BCUT2D eigenvalue weighted by molar-refractivity contribution is -0.114. The fourth-order valence-corrected chi connectivity index (χ4v) is 3.06. The number of aromatic nitrogens is 1. The summed E-state index contributed by atoms with van der Waals surface area (Å²) >= 11 is 6.26. The number of hydrogen-bond donors (Lipinski definition) is 2. The van der Waals surface area contributed by atoms with Gasteiger partial charge in [0, 0.05) is 6.92 Å². The second-order valence-corrected chi connectivity index (χ2v) is 5.06. The van der Waals surface area contributed by atoms with Crippen LogP contribution in [0.4, 0.5) is 5.00 Å². The number of nitrogens with zero attached hydrogens (tertiary/aromatic N) is 1. The molecule has 0 aliphatic heterocycles. The number of rotatable bonds is 3. The van der Waals surface area contributed by atoms with Gasteiger partial charge in [0.1, 0.15) is 15.2 Å². The zero-order valence-corrected chi connectivity index (χ0v) is 11.5. The molecule has 1 aromatic carbocycles. The molecule has 1 aromatic heterocycles. The number of amides is 1. The fraction of sp³-hybridized carbons (Fsp3) is 0.0833. The lowest BCUT2D eigenvalue weighted by Gasteiger charge is -1.99. The van der Waals surface area contributed by atoms with Gasteiger partial charge in [0.25, 0.3) is 0 Å². The molecule has 0 spiro atoms. The summed E-state index contributed by atoms with van der Waals surface area (Å²) < 4.78 is 1.77. The molecule has 1 amide bonds. The number of para-hydroxylation sites is 1. The van der Waals surface area contributed by atoms with Gasteiger partial charge in [0.05, 0.1) is 5.69 Å². The lowest BCUT2D eigenvalue weighted by Crippen LogP contribution is -2.08. The summed E-state index contributed by atoms with van der Waals surface area (Å²) in [6, 6.07) is 9.14. The van der Waals surface area contributed by atoms with Crippen LogP contribution in [0.2, 0.25) is 0 Å². The quantitative estimate of drug-likeness (QED) is 0.854. The van der Waals surface area contributed by atoms with Gasteiger partial charge in [-0.1, -0.05) is 30.4 Å². The maximum absolute atomic E-state index is 11.2. The van der Waals surface area contributed by atoms with Crippen LogP contribution in [-0.4, -0.2) is 20.9 Å². The van der Waals surface area contributed by atoms with Crippen molar-refractivity contribution >= 4 is 40.6 Å². The minimum atomic E-state index is -1.15. The third-order valence-corrected chi connectivity index (χ3v) is 3.87. The first kappa shape index (κ1) is 13.4. The summed E-state index contributed by atoms with van der Waals surface area (Å²) in [4.78, 5) is 22.3. The van der Waals surface area contributed by atoms with Crippen LogP contribution < -0.4 is 5.32 Å². The Hall–Kier alpha value is -1.99. The summed E-state index contributed by atoms with van der Waals surface area (Å²) in [6.45, 7) is 1.32. The summed E-state index contributed by atoms with van der Waals surface area (Å²) in [7, 11) is 0. The summed E-state index contributed by atoms with van der Waals surface area (Å²) in [5, 5.41) is 11.9. The first-order chi connectivity index (χ1) is 9.00. The molecule has 1 heterocycles. The first-order valence-corrected chi connectivity index (χ1v) is 6.51. The standard InChI is InChI=1S/C12H10N2O3S2/c1-7(15)13-10-9(12(16)17)11(18)14(19-10)8-5-3-2-4-6-8/h2-6H,1H3,(H,13,15)(H,16,17). The van der Waals surface area contributed by atoms with E-state index in [1.54, 1.807) is 3.96 Å². The Bertz CT molecular complexity index is 689. The van der Waals surface area contributed by atoms with E-state index in [9.17, 15) is 14.7 Å². The monoisotopic (exact) mass is 294 g/mol. The van der Waals surface area contributed by atoms with Gasteiger partial charge in [-0.05, 0) is 23.7 Å². The van der Waals surface area contributed by atoms with E-state index in [1.165, 1.54) is 6.92 Å². The minimum Gasteiger partial charge on any atom is -0.477 e. The van der Waals surface area contributed by atoms with E-state index < -0.39 is 5.97 Å². The number of benzene rings is 1. The number of aromatic carboxylic acids is 1. The Kier molecular flexibility index (Phi) is 3.77. The van der Waals surface area contributed by atoms with E-state index in [-0.39, 0.29) is 21.1 Å². The van der Waals surface area contributed by atoms with Crippen molar-refractivity contribution in [3.63, 3.8) is 0 Å². The van der Waals surface area contributed by atoms with E-state index in [0.29, 0.717) is 0 Å². The molecule has 0 saturated heterocycles. The summed E-state index contributed by atoms with van der Waals surface area (Å²) in [6.07, 6.45) is 0. The maximum atomic E-state index is 11.2. The molecule has 0 fully saturated rings.